The normalized spacial score (nSPS) is 11.1. The van der Waals surface area contributed by atoms with Crippen LogP contribution < -0.4 is 10.6 Å². The highest BCUT2D eigenvalue weighted by atomic mass is 16.5. The molecule has 0 aliphatic rings. The molecule has 0 aliphatic carbocycles. The summed E-state index contributed by atoms with van der Waals surface area (Å²) >= 11 is 0. The van der Waals surface area contributed by atoms with Crippen LogP contribution in [0.1, 0.15) is 47.4 Å². The molecule has 2 aromatic heterocycles. The highest BCUT2D eigenvalue weighted by molar-refractivity contribution is 6.11. The van der Waals surface area contributed by atoms with E-state index in [1.54, 1.807) is 20.0 Å². The lowest BCUT2D eigenvalue weighted by molar-refractivity contribution is -0.119. The smallest absolute Gasteiger partial charge is 0.356 e. The number of ether oxygens (including phenoxy) is 2. The zero-order chi connectivity index (χ0) is 30.1. The number of amides is 1. The zero-order valence-corrected chi connectivity index (χ0v) is 24.4. The number of nitrogens with one attached hydrogen (secondary N) is 2. The Morgan fingerprint density at radius 1 is 1.05 bits per heavy atom. The fourth-order valence-electron chi connectivity index (χ4n) is 4.50. The molecule has 0 fully saturated rings. The van der Waals surface area contributed by atoms with Crippen molar-refractivity contribution in [1.82, 2.24) is 9.55 Å². The second-order valence-corrected chi connectivity index (χ2v) is 10.4. The van der Waals surface area contributed by atoms with Gasteiger partial charge in [-0.3, -0.25) is 4.79 Å². The summed E-state index contributed by atoms with van der Waals surface area (Å²) in [6.45, 7) is 4.13. The average molecular weight is 569 g/mol. The van der Waals surface area contributed by atoms with E-state index in [-0.39, 0.29) is 12.3 Å². The second-order valence-electron chi connectivity index (χ2n) is 10.4. The molecular formula is C33H36N4O5. The molecule has 0 spiro atoms. The Hall–Kier alpha value is -4.65. The fraction of sp³-hybridized carbons (Fsp3) is 0.303. The number of nitrogens with zero attached hydrogens (tertiary/aromatic N) is 2. The molecule has 0 saturated heterocycles. The van der Waals surface area contributed by atoms with Gasteiger partial charge in [0, 0.05) is 31.1 Å². The molecule has 9 heteroatoms. The topological polar surface area (TPSA) is 115 Å². The van der Waals surface area contributed by atoms with Crippen LogP contribution in [0, 0.1) is 11.8 Å². The van der Waals surface area contributed by atoms with Gasteiger partial charge in [0.25, 0.3) is 0 Å². The summed E-state index contributed by atoms with van der Waals surface area (Å²) in [5.74, 6) is 4.82. The third-order valence-electron chi connectivity index (χ3n) is 6.47. The van der Waals surface area contributed by atoms with Crippen molar-refractivity contribution in [3.63, 3.8) is 0 Å². The van der Waals surface area contributed by atoms with Crippen molar-refractivity contribution in [1.29, 1.82) is 0 Å². The van der Waals surface area contributed by atoms with Crippen LogP contribution in [0.2, 0.25) is 0 Å². The lowest BCUT2D eigenvalue weighted by atomic mass is 10.1. The minimum absolute atomic E-state index is 0.164. The van der Waals surface area contributed by atoms with Crippen molar-refractivity contribution in [3.05, 3.63) is 89.2 Å². The molecule has 42 heavy (non-hydrogen) atoms. The summed E-state index contributed by atoms with van der Waals surface area (Å²) in [7, 11) is 2.75. The fourth-order valence-corrected chi connectivity index (χ4v) is 4.50. The van der Waals surface area contributed by atoms with Crippen LogP contribution in [-0.4, -0.2) is 53.0 Å². The number of aryl methyl sites for hydroxylation is 2. The minimum Gasteiger partial charge on any atom is -0.464 e. The maximum Gasteiger partial charge on any atom is 0.356 e. The van der Waals surface area contributed by atoms with Gasteiger partial charge < -0.3 is 29.8 Å². The first-order valence-electron chi connectivity index (χ1n) is 13.7. The van der Waals surface area contributed by atoms with Crippen LogP contribution >= 0.6 is 0 Å². The van der Waals surface area contributed by atoms with Crippen LogP contribution in [0.3, 0.4) is 0 Å². The molecule has 3 N–H and O–H groups in total. The summed E-state index contributed by atoms with van der Waals surface area (Å²) in [4.78, 5) is 30.3. The van der Waals surface area contributed by atoms with E-state index >= 15 is 0 Å². The third-order valence-corrected chi connectivity index (χ3v) is 6.47. The maximum atomic E-state index is 13.0. The van der Waals surface area contributed by atoms with Crippen molar-refractivity contribution in [2.75, 3.05) is 31.5 Å². The van der Waals surface area contributed by atoms with Crippen LogP contribution in [0.5, 0.6) is 0 Å². The van der Waals surface area contributed by atoms with Gasteiger partial charge >= 0.3 is 5.97 Å². The lowest BCUT2D eigenvalue weighted by Gasteiger charge is -2.11. The monoisotopic (exact) mass is 568 g/mol. The number of carbonyl (C=O) groups excluding carboxylic acids is 2. The predicted molar refractivity (Wildman–Crippen MR) is 163 cm³/mol. The van der Waals surface area contributed by atoms with E-state index in [0.29, 0.717) is 35.5 Å². The number of benzene rings is 2. The molecule has 1 amide bonds. The van der Waals surface area contributed by atoms with E-state index in [1.807, 2.05) is 53.1 Å². The number of pyridine rings is 1. The van der Waals surface area contributed by atoms with Crippen LogP contribution in [0.4, 0.5) is 11.4 Å². The van der Waals surface area contributed by atoms with Gasteiger partial charge in [0.15, 0.2) is 5.69 Å². The Morgan fingerprint density at radius 2 is 1.79 bits per heavy atom. The highest BCUT2D eigenvalue weighted by Crippen LogP contribution is 2.33. The molecule has 9 nitrogen and oxygen atoms in total. The highest BCUT2D eigenvalue weighted by Gasteiger charge is 2.26. The summed E-state index contributed by atoms with van der Waals surface area (Å²) in [5, 5.41) is 16.6. The Labute approximate surface area is 245 Å². The molecule has 0 atom stereocenters. The first kappa shape index (κ1) is 30.3. The van der Waals surface area contributed by atoms with Crippen molar-refractivity contribution in [2.24, 2.45) is 0 Å². The third kappa shape index (κ3) is 7.97. The maximum absolute atomic E-state index is 13.0. The van der Waals surface area contributed by atoms with E-state index in [4.69, 9.17) is 14.5 Å². The molecule has 0 radical (unpaired) electrons. The van der Waals surface area contributed by atoms with Gasteiger partial charge in [0.1, 0.15) is 17.9 Å². The van der Waals surface area contributed by atoms with Gasteiger partial charge in [0.05, 0.1) is 24.7 Å². The zero-order valence-electron chi connectivity index (χ0n) is 24.4. The number of rotatable bonds is 11. The molecule has 4 rings (SSSR count). The number of methoxy groups -OCH3 is 2. The first-order valence-corrected chi connectivity index (χ1v) is 13.7. The van der Waals surface area contributed by atoms with E-state index in [0.717, 1.165) is 24.0 Å². The van der Waals surface area contributed by atoms with Gasteiger partial charge in [-0.15, -0.1) is 0 Å². The van der Waals surface area contributed by atoms with Gasteiger partial charge in [-0.1, -0.05) is 54.3 Å². The van der Waals surface area contributed by atoms with E-state index in [2.05, 4.69) is 34.6 Å². The SMILES string of the molecule is COCC(=O)Nc1c(C(=O)OC)n(CCCc2ccccc2)c2ncc(NCc3ccc(C#CC(C)(C)O)cc3)cc12. The van der Waals surface area contributed by atoms with Crippen LogP contribution in [0.15, 0.2) is 66.9 Å². The number of hydrogen-bond acceptors (Lipinski definition) is 7. The molecule has 0 saturated carbocycles. The summed E-state index contributed by atoms with van der Waals surface area (Å²) in [6, 6.07) is 19.7. The molecule has 0 bridgehead atoms. The summed E-state index contributed by atoms with van der Waals surface area (Å²) in [5.41, 5.74) is 3.82. The molecule has 218 valence electrons. The number of anilines is 2. The number of carbonyl (C=O) groups is 2. The van der Waals surface area contributed by atoms with Gasteiger partial charge in [-0.05, 0) is 56.0 Å². The minimum atomic E-state index is -1.05. The Morgan fingerprint density at radius 3 is 2.45 bits per heavy atom. The van der Waals surface area contributed by atoms with Gasteiger partial charge in [-0.25, -0.2) is 9.78 Å². The number of aromatic nitrogens is 2. The Bertz CT molecular complexity index is 1590. The Kier molecular flexibility index (Phi) is 9.97. The van der Waals surface area contributed by atoms with Crippen molar-refractivity contribution in [3.8, 4) is 11.8 Å². The van der Waals surface area contributed by atoms with E-state index < -0.39 is 17.5 Å². The van der Waals surface area contributed by atoms with Crippen molar-refractivity contribution in [2.45, 2.75) is 45.4 Å². The molecule has 2 aromatic carbocycles. The Balaban J connectivity index is 1.63. The lowest BCUT2D eigenvalue weighted by Crippen LogP contribution is -2.20. The quantitative estimate of drug-likeness (QED) is 0.176. The van der Waals surface area contributed by atoms with Crippen molar-refractivity contribution < 1.29 is 24.2 Å². The summed E-state index contributed by atoms with van der Waals surface area (Å²) < 4.78 is 11.9. The molecule has 2 heterocycles. The largest absolute Gasteiger partial charge is 0.464 e. The number of esters is 1. The predicted octanol–water partition coefficient (Wildman–Crippen LogP) is 4.78. The average Bonchev–Trinajstić information content (AvgIpc) is 3.27. The van der Waals surface area contributed by atoms with Gasteiger partial charge in [-0.2, -0.15) is 0 Å². The number of hydrogen-bond donors (Lipinski definition) is 3. The second kappa shape index (κ2) is 13.8. The molecular weight excluding hydrogens is 532 g/mol. The van der Waals surface area contributed by atoms with Crippen LogP contribution in [0.25, 0.3) is 11.0 Å². The van der Waals surface area contributed by atoms with Crippen molar-refractivity contribution >= 4 is 34.3 Å². The molecule has 0 aliphatic heterocycles. The number of fused-ring (bicyclic) bond motifs is 1. The van der Waals surface area contributed by atoms with Crippen LogP contribution in [-0.2, 0) is 33.8 Å². The van der Waals surface area contributed by atoms with E-state index in [1.165, 1.54) is 19.8 Å². The standard InChI is InChI=1S/C33H36N4O5/c1-33(2,40)17-16-24-12-14-25(15-13-24)20-34-26-19-27-29(36-28(38)22-41-3)30(32(39)42-4)37(31(27)35-21-26)18-8-11-23-9-6-5-7-10-23/h5-7,9-10,12-15,19,21,34,40H,8,11,18,20,22H2,1-4H3,(H,36,38). The first-order chi connectivity index (χ1) is 20.2. The molecule has 0 unspecified atom stereocenters. The van der Waals surface area contributed by atoms with E-state index in [9.17, 15) is 14.7 Å². The molecule has 4 aromatic rings. The van der Waals surface area contributed by atoms with Gasteiger partial charge in [0.2, 0.25) is 5.91 Å². The number of aliphatic hydroxyl groups is 1. The summed E-state index contributed by atoms with van der Waals surface area (Å²) in [6.07, 6.45) is 3.27.